The van der Waals surface area contributed by atoms with E-state index in [9.17, 15) is 27.9 Å². The molecule has 1 unspecified atom stereocenters. The average molecular weight is 1070 g/mol. The molecule has 0 aliphatic heterocycles. The van der Waals surface area contributed by atoms with Crippen LogP contribution >= 0.6 is 0 Å². The second kappa shape index (κ2) is 25.0. The first-order valence-corrected chi connectivity index (χ1v) is 30.5. The molecular formula is C60H73N5O9SSi. The normalized spacial score (nSPS) is 12.9. The monoisotopic (exact) mass is 1070 g/mol. The van der Waals surface area contributed by atoms with Crippen LogP contribution in [0.1, 0.15) is 121 Å². The van der Waals surface area contributed by atoms with Crippen LogP contribution in [0.5, 0.6) is 11.5 Å². The Hall–Kier alpha value is -6.69. The molecule has 2 heterocycles. The first-order valence-electron chi connectivity index (χ1n) is 26.1. The number of Topliss-reactive ketones (excluding diaryl/α,β-unsaturated/α-hetero) is 1. The quantitative estimate of drug-likeness (QED) is 0.0195. The molecule has 2 aromatic heterocycles. The number of methoxy groups -OCH3 is 1. The zero-order valence-corrected chi connectivity index (χ0v) is 46.9. The van der Waals surface area contributed by atoms with Gasteiger partial charge >= 0.3 is 0 Å². The molecule has 0 aliphatic rings. The minimum atomic E-state index is -4.15. The fourth-order valence-electron chi connectivity index (χ4n) is 9.06. The summed E-state index contributed by atoms with van der Waals surface area (Å²) in [5, 5.41) is 18.5. The molecule has 7 aromatic rings. The lowest BCUT2D eigenvalue weighted by molar-refractivity contribution is 0.0964. The van der Waals surface area contributed by atoms with Gasteiger partial charge in [-0.3, -0.25) is 19.4 Å². The summed E-state index contributed by atoms with van der Waals surface area (Å²) in [6.45, 7) is 17.6. The lowest BCUT2D eigenvalue weighted by Gasteiger charge is -2.39. The fourth-order valence-corrected chi connectivity index (χ4v) is 11.8. The number of hydrogen-bond acceptors (Lipinski definition) is 12. The molecule has 0 saturated heterocycles. The van der Waals surface area contributed by atoms with Gasteiger partial charge in [0, 0.05) is 66.0 Å². The highest BCUT2D eigenvalue weighted by Crippen LogP contribution is 2.41. The van der Waals surface area contributed by atoms with Crippen LogP contribution in [0, 0.1) is 6.92 Å². The SMILES string of the molecule is COc1cccc(Nc2c(C(N)=O)cnc3c(C)cc(S(=O)(=O)c4cccc(C(=O)C(C)c5ccc(CCCCOCCCCCCNC[C@H](O[Si](C)(C)C(C)(C)C)c6ccc(O)c7[nH]c(=O)ccc67)cc5)c4)cc23)c1. The predicted octanol–water partition coefficient (Wildman–Crippen LogP) is 12.0. The summed E-state index contributed by atoms with van der Waals surface area (Å²) in [5.41, 5.74) is 11.2. The number of rotatable bonds is 26. The number of aromatic amines is 1. The summed E-state index contributed by atoms with van der Waals surface area (Å²) in [6, 6.07) is 31.1. The number of phenols is 1. The van der Waals surface area contributed by atoms with E-state index in [4.69, 9.17) is 19.6 Å². The number of nitrogens with two attached hydrogens (primary N) is 1. The Morgan fingerprint density at radius 2 is 1.57 bits per heavy atom. The molecule has 76 heavy (non-hydrogen) atoms. The van der Waals surface area contributed by atoms with Gasteiger partial charge < -0.3 is 40.4 Å². The number of aromatic hydroxyl groups is 1. The maximum atomic E-state index is 14.3. The number of fused-ring (bicyclic) bond motifs is 2. The fraction of sp³-hybridized carbons (Fsp3) is 0.367. The maximum absolute atomic E-state index is 14.3. The zero-order chi connectivity index (χ0) is 54.8. The Morgan fingerprint density at radius 3 is 2.29 bits per heavy atom. The smallest absolute Gasteiger partial charge is 0.252 e. The largest absolute Gasteiger partial charge is 0.506 e. The molecule has 0 spiro atoms. The number of nitrogens with zero attached hydrogens (tertiary/aromatic N) is 1. The van der Waals surface area contributed by atoms with E-state index in [0.29, 0.717) is 52.3 Å². The van der Waals surface area contributed by atoms with Crippen molar-refractivity contribution >= 4 is 63.0 Å². The van der Waals surface area contributed by atoms with Crippen LogP contribution in [-0.2, 0) is 25.4 Å². The highest BCUT2D eigenvalue weighted by molar-refractivity contribution is 7.91. The number of aromatic nitrogens is 2. The molecule has 0 bridgehead atoms. The van der Waals surface area contributed by atoms with Crippen molar-refractivity contribution in [3.8, 4) is 11.5 Å². The molecule has 0 radical (unpaired) electrons. The van der Waals surface area contributed by atoms with E-state index in [1.54, 1.807) is 68.6 Å². The van der Waals surface area contributed by atoms with Gasteiger partial charge in [0.2, 0.25) is 15.4 Å². The van der Waals surface area contributed by atoms with E-state index in [-0.39, 0.29) is 49.2 Å². The Balaban J connectivity index is 0.849. The van der Waals surface area contributed by atoms with E-state index in [1.165, 1.54) is 36.0 Å². The predicted molar refractivity (Wildman–Crippen MR) is 305 cm³/mol. The molecule has 7 rings (SSSR count). The number of aryl methyl sites for hydroxylation is 2. The van der Waals surface area contributed by atoms with E-state index < -0.39 is 30.0 Å². The maximum Gasteiger partial charge on any atom is 0.252 e. The van der Waals surface area contributed by atoms with E-state index >= 15 is 0 Å². The highest BCUT2D eigenvalue weighted by atomic mass is 32.2. The third kappa shape index (κ3) is 13.8. The molecule has 14 nitrogen and oxygen atoms in total. The Labute approximate surface area is 447 Å². The summed E-state index contributed by atoms with van der Waals surface area (Å²) in [5.74, 6) is -0.831. The summed E-state index contributed by atoms with van der Waals surface area (Å²) < 4.78 is 46.9. The number of ether oxygens (including phenoxy) is 2. The van der Waals surface area contributed by atoms with Gasteiger partial charge in [-0.1, -0.05) is 89.1 Å². The van der Waals surface area contributed by atoms with Crippen molar-refractivity contribution in [3.63, 3.8) is 0 Å². The molecule has 1 amide bonds. The first kappa shape index (κ1) is 57.0. The van der Waals surface area contributed by atoms with Gasteiger partial charge in [0.25, 0.3) is 5.91 Å². The molecule has 0 fully saturated rings. The number of anilines is 2. The number of unbranched alkanes of at least 4 members (excludes halogenated alkanes) is 4. The highest BCUT2D eigenvalue weighted by Gasteiger charge is 2.40. The van der Waals surface area contributed by atoms with Gasteiger partial charge in [-0.05, 0) is 134 Å². The van der Waals surface area contributed by atoms with E-state index in [2.05, 4.69) is 54.5 Å². The van der Waals surface area contributed by atoms with Gasteiger partial charge in [0.1, 0.15) is 11.5 Å². The van der Waals surface area contributed by atoms with Gasteiger partial charge in [-0.15, -0.1) is 0 Å². The van der Waals surface area contributed by atoms with Gasteiger partial charge in [-0.2, -0.15) is 0 Å². The van der Waals surface area contributed by atoms with Crippen molar-refractivity contribution in [1.29, 1.82) is 0 Å². The number of H-pyrrole nitrogens is 1. The van der Waals surface area contributed by atoms with Crippen molar-refractivity contribution < 1.29 is 37.0 Å². The second-order valence-electron chi connectivity index (χ2n) is 21.1. The minimum absolute atomic E-state index is 0.0119. The summed E-state index contributed by atoms with van der Waals surface area (Å²) in [4.78, 5) is 45.8. The summed E-state index contributed by atoms with van der Waals surface area (Å²) >= 11 is 0. The number of pyridine rings is 2. The zero-order valence-electron chi connectivity index (χ0n) is 45.0. The Bertz CT molecular complexity index is 3360. The number of nitrogens with one attached hydrogen (secondary N) is 3. The number of benzene rings is 5. The molecule has 5 aromatic carbocycles. The molecule has 6 N–H and O–H groups in total. The van der Waals surface area contributed by atoms with Crippen molar-refractivity contribution in [3.05, 3.63) is 159 Å². The number of carbonyl (C=O) groups is 2. The van der Waals surface area contributed by atoms with Crippen LogP contribution in [-0.4, -0.2) is 76.9 Å². The molecule has 0 saturated carbocycles. The lowest BCUT2D eigenvalue weighted by Crippen LogP contribution is -2.43. The Kier molecular flexibility index (Phi) is 18.7. The van der Waals surface area contributed by atoms with Crippen LogP contribution < -0.4 is 26.7 Å². The third-order valence-electron chi connectivity index (χ3n) is 14.6. The number of amides is 1. The van der Waals surface area contributed by atoms with Crippen molar-refractivity contribution in [2.75, 3.05) is 38.7 Å². The number of primary amides is 1. The van der Waals surface area contributed by atoms with Crippen molar-refractivity contribution in [1.82, 2.24) is 15.3 Å². The number of sulfone groups is 1. The summed E-state index contributed by atoms with van der Waals surface area (Å²) in [6.07, 6.45) is 8.13. The first-order chi connectivity index (χ1) is 36.2. The average Bonchev–Trinajstić information content (AvgIpc) is 3.39. The van der Waals surface area contributed by atoms with Crippen molar-refractivity contribution in [2.45, 2.75) is 120 Å². The Morgan fingerprint density at radius 1 is 0.842 bits per heavy atom. The van der Waals surface area contributed by atoms with Crippen LogP contribution in [0.4, 0.5) is 11.4 Å². The number of hydrogen-bond donors (Lipinski definition) is 5. The molecule has 0 aliphatic carbocycles. The lowest BCUT2D eigenvalue weighted by atomic mass is 9.91. The number of ketones is 1. The second-order valence-corrected chi connectivity index (χ2v) is 27.8. The van der Waals surface area contributed by atoms with Gasteiger partial charge in [-0.25, -0.2) is 8.42 Å². The van der Waals surface area contributed by atoms with E-state index in [0.717, 1.165) is 74.6 Å². The summed E-state index contributed by atoms with van der Waals surface area (Å²) in [7, 11) is -4.76. The van der Waals surface area contributed by atoms with Gasteiger partial charge in [0.15, 0.2) is 14.1 Å². The molecule has 2 atom stereocenters. The van der Waals surface area contributed by atoms with Crippen LogP contribution in [0.2, 0.25) is 18.1 Å². The standard InChI is InChI=1S/C60H73N5O9SSi/c1-39-33-47(36-50-55(39)63-37-51(59(61)69)56(50)64-44-19-16-20-45(35-44)72-6)75(70,71)46-21-15-18-43(34-46)58(68)40(2)42-24-22-41(23-25-42)17-11-14-32-73-31-13-10-9-12-30-62-38-53(74-76(7,8)60(3,4)5)48-26-28-52(66)57-49(48)27-29-54(67)65-57/h15-16,18-29,33-37,40,53,62,66H,9-14,17,30-32,38H2,1-8H3,(H2,61,69)(H,63,64)(H,65,67)/t40?,53-/m0/s1. The van der Waals surface area contributed by atoms with Crippen molar-refractivity contribution in [2.24, 2.45) is 5.73 Å². The molecular weight excluding hydrogens is 995 g/mol. The number of carbonyl (C=O) groups excluding carboxylic acids is 2. The minimum Gasteiger partial charge on any atom is -0.506 e. The van der Waals surface area contributed by atoms with E-state index in [1.807, 2.05) is 37.3 Å². The van der Waals surface area contributed by atoms with Gasteiger partial charge in [0.05, 0.1) is 45.3 Å². The molecule has 402 valence electrons. The third-order valence-corrected chi connectivity index (χ3v) is 20.8. The van der Waals surface area contributed by atoms with Crippen LogP contribution in [0.15, 0.2) is 130 Å². The van der Waals surface area contributed by atoms with Crippen LogP contribution in [0.3, 0.4) is 0 Å². The van der Waals surface area contributed by atoms with Crippen LogP contribution in [0.25, 0.3) is 21.8 Å². The number of phenolic OH excluding ortho intramolecular Hbond substituents is 1. The topological polar surface area (TPSA) is 212 Å². The molecule has 16 heteroatoms.